The molecule has 2 saturated carbocycles. The van der Waals surface area contributed by atoms with E-state index in [-0.39, 0.29) is 24.9 Å². The third-order valence-electron chi connectivity index (χ3n) is 7.61. The van der Waals surface area contributed by atoms with Crippen molar-refractivity contribution in [2.75, 3.05) is 5.32 Å². The number of aromatic nitrogens is 4. The molecule has 11 heteroatoms. The minimum Gasteiger partial charge on any atom is -0.485 e. The van der Waals surface area contributed by atoms with Gasteiger partial charge in [0.2, 0.25) is 0 Å². The van der Waals surface area contributed by atoms with E-state index < -0.39 is 5.79 Å². The van der Waals surface area contributed by atoms with Gasteiger partial charge in [-0.3, -0.25) is 0 Å². The van der Waals surface area contributed by atoms with Crippen molar-refractivity contribution in [1.82, 2.24) is 19.7 Å². The molecule has 3 aliphatic rings. The Balaban J connectivity index is 1.15. The number of hydrogen-bond donors (Lipinski definition) is 1. The Kier molecular flexibility index (Phi) is 5.63. The highest BCUT2D eigenvalue weighted by Gasteiger charge is 2.66. The highest BCUT2D eigenvalue weighted by atomic mass is 35.5. The second kappa shape index (κ2) is 8.84. The lowest BCUT2D eigenvalue weighted by Crippen LogP contribution is -2.30. The maximum Gasteiger partial charge on any atom is 0.174 e. The first-order valence-electron chi connectivity index (χ1n) is 12.7. The third kappa shape index (κ3) is 4.22. The van der Waals surface area contributed by atoms with Crippen molar-refractivity contribution in [3.63, 3.8) is 0 Å². The fourth-order valence-corrected chi connectivity index (χ4v) is 6.39. The normalized spacial score (nSPS) is 26.9. The van der Waals surface area contributed by atoms with Gasteiger partial charge in [0.25, 0.3) is 0 Å². The first kappa shape index (κ1) is 24.2. The predicted molar refractivity (Wildman–Crippen MR) is 141 cm³/mol. The number of ether oxygens (including phenoxy) is 3. The van der Waals surface area contributed by atoms with Gasteiger partial charge in [-0.1, -0.05) is 28.4 Å². The number of benzene rings is 1. The van der Waals surface area contributed by atoms with Crippen molar-refractivity contribution in [1.29, 1.82) is 0 Å². The van der Waals surface area contributed by atoms with Crippen molar-refractivity contribution < 1.29 is 18.7 Å². The van der Waals surface area contributed by atoms with E-state index in [0.29, 0.717) is 40.1 Å². The molecule has 38 heavy (non-hydrogen) atoms. The van der Waals surface area contributed by atoms with Crippen LogP contribution in [0.15, 0.2) is 41.2 Å². The number of halogens is 2. The van der Waals surface area contributed by atoms with Crippen molar-refractivity contribution in [2.45, 2.75) is 64.4 Å². The molecule has 9 nitrogen and oxygen atoms in total. The van der Waals surface area contributed by atoms with Crippen molar-refractivity contribution in [3.05, 3.63) is 63.9 Å². The van der Waals surface area contributed by atoms with Gasteiger partial charge < -0.3 is 28.6 Å². The summed E-state index contributed by atoms with van der Waals surface area (Å²) in [6, 6.07) is 9.27. The average molecular weight is 556 g/mol. The van der Waals surface area contributed by atoms with Crippen LogP contribution in [0.4, 0.5) is 5.69 Å². The number of nitrogens with one attached hydrogen (secondary N) is 1. The van der Waals surface area contributed by atoms with Crippen LogP contribution in [0.2, 0.25) is 10.2 Å². The summed E-state index contributed by atoms with van der Waals surface area (Å²) in [6.45, 7) is 6.53. The number of aryl methyl sites for hydroxylation is 1. The number of fused-ring (bicyclic) bond motifs is 4. The monoisotopic (exact) mass is 555 g/mol. The van der Waals surface area contributed by atoms with Crippen LogP contribution in [0.1, 0.15) is 43.3 Å². The largest absolute Gasteiger partial charge is 0.485 e. The molecule has 1 N–H and O–H groups in total. The number of nitrogens with zero attached hydrogens (tertiary/aromatic N) is 4. The molecule has 1 aliphatic heterocycles. The maximum atomic E-state index is 6.51. The van der Waals surface area contributed by atoms with E-state index in [0.717, 1.165) is 34.5 Å². The van der Waals surface area contributed by atoms with Gasteiger partial charge in [-0.2, -0.15) is 0 Å². The molecule has 0 unspecified atom stereocenters. The maximum absolute atomic E-state index is 6.51. The number of hydrogen-bond acceptors (Lipinski definition) is 8. The van der Waals surface area contributed by atoms with E-state index in [2.05, 4.69) is 20.0 Å². The van der Waals surface area contributed by atoms with Gasteiger partial charge in [0, 0.05) is 29.3 Å². The number of rotatable bonds is 7. The van der Waals surface area contributed by atoms with Gasteiger partial charge in [0.1, 0.15) is 29.1 Å². The van der Waals surface area contributed by atoms with Gasteiger partial charge in [-0.15, -0.1) is 0 Å². The second-order valence-electron chi connectivity index (χ2n) is 10.8. The van der Waals surface area contributed by atoms with Crippen LogP contribution in [0.3, 0.4) is 0 Å². The topological polar surface area (TPSA) is 96.5 Å². The van der Waals surface area contributed by atoms with E-state index in [1.165, 1.54) is 0 Å². The summed E-state index contributed by atoms with van der Waals surface area (Å²) in [5, 5.41) is 8.38. The van der Waals surface area contributed by atoms with E-state index >= 15 is 0 Å². The number of pyridine rings is 1. The zero-order valence-corrected chi connectivity index (χ0v) is 22.7. The lowest BCUT2D eigenvalue weighted by atomic mass is 10.1. The Hall–Kier alpha value is -2.85. The summed E-state index contributed by atoms with van der Waals surface area (Å²) in [6.07, 6.45) is 3.06. The predicted octanol–water partition coefficient (Wildman–Crippen LogP) is 5.94. The van der Waals surface area contributed by atoms with Crippen LogP contribution in [0, 0.1) is 18.8 Å². The average Bonchev–Trinajstić information content (AvgIpc) is 3.10. The molecule has 1 aromatic carbocycles. The Morgan fingerprint density at radius 2 is 1.97 bits per heavy atom. The summed E-state index contributed by atoms with van der Waals surface area (Å²) >= 11 is 12.8. The van der Waals surface area contributed by atoms with Crippen LogP contribution < -0.4 is 10.1 Å². The Bertz CT molecular complexity index is 1540. The van der Waals surface area contributed by atoms with Crippen LogP contribution in [-0.4, -0.2) is 37.7 Å². The Morgan fingerprint density at radius 1 is 1.13 bits per heavy atom. The molecule has 0 radical (unpaired) electrons. The molecule has 0 bridgehead atoms. The van der Waals surface area contributed by atoms with Gasteiger partial charge in [-0.05, 0) is 57.2 Å². The van der Waals surface area contributed by atoms with Crippen LogP contribution in [0.25, 0.3) is 11.2 Å². The quantitative estimate of drug-likeness (QED) is 0.280. The molecule has 198 valence electrons. The van der Waals surface area contributed by atoms with Gasteiger partial charge >= 0.3 is 0 Å². The molecule has 2 aliphatic carbocycles. The zero-order valence-electron chi connectivity index (χ0n) is 21.1. The highest BCUT2D eigenvalue weighted by molar-refractivity contribution is 6.30. The molecular formula is C27H27Cl2N5O4. The molecular weight excluding hydrogens is 529 g/mol. The van der Waals surface area contributed by atoms with Crippen LogP contribution in [0.5, 0.6) is 5.75 Å². The summed E-state index contributed by atoms with van der Waals surface area (Å²) < 4.78 is 26.0. The molecule has 7 rings (SSSR count). The van der Waals surface area contributed by atoms with Crippen molar-refractivity contribution in [2.24, 2.45) is 11.8 Å². The lowest BCUT2D eigenvalue weighted by Gasteiger charge is -2.24. The third-order valence-corrected chi connectivity index (χ3v) is 8.04. The fourth-order valence-electron chi connectivity index (χ4n) is 6.01. The molecule has 3 aromatic heterocycles. The van der Waals surface area contributed by atoms with E-state index in [1.807, 2.05) is 45.3 Å². The summed E-state index contributed by atoms with van der Waals surface area (Å²) in [7, 11) is 0. The SMILES string of the molecule is Cc1cc(COc2ccc(Cl)cc2CNc2cc(Cl)nc3c2ncn3[C@@H]2[C@H]3C[C@H]3[C@H]3OC(C)(C)O[C@H]32)on1. The molecule has 4 heterocycles. The Morgan fingerprint density at radius 3 is 2.79 bits per heavy atom. The molecule has 4 aromatic rings. The summed E-state index contributed by atoms with van der Waals surface area (Å²) in [5.74, 6) is 1.77. The van der Waals surface area contributed by atoms with E-state index in [4.69, 9.17) is 46.9 Å². The van der Waals surface area contributed by atoms with Crippen molar-refractivity contribution in [3.8, 4) is 5.75 Å². The van der Waals surface area contributed by atoms with Crippen molar-refractivity contribution >= 4 is 40.1 Å². The molecule has 5 atom stereocenters. The second-order valence-corrected chi connectivity index (χ2v) is 11.6. The minimum absolute atomic E-state index is 0.0253. The molecule has 3 fully saturated rings. The van der Waals surface area contributed by atoms with Gasteiger partial charge in [0.05, 0.1) is 29.9 Å². The van der Waals surface area contributed by atoms with E-state index in [1.54, 1.807) is 12.1 Å². The minimum atomic E-state index is -0.585. The molecule has 1 saturated heterocycles. The molecule has 0 spiro atoms. The summed E-state index contributed by atoms with van der Waals surface area (Å²) in [4.78, 5) is 9.41. The van der Waals surface area contributed by atoms with Crippen LogP contribution in [-0.2, 0) is 22.6 Å². The standard InChI is InChI=1S/C27H27Cl2N5O4/c1-13-6-16(38-33-13)11-35-20-5-4-15(28)7-14(20)10-30-19-9-21(29)32-26-22(19)31-12-34(26)23-17-8-18(17)24-25(23)37-27(2,3)36-24/h4-7,9,12,17-18,23-25H,8,10-11H2,1-3H3,(H,30,32)/t17-,18+,23+,24+,25-/m0/s1. The molecule has 0 amide bonds. The van der Waals surface area contributed by atoms with E-state index in [9.17, 15) is 0 Å². The zero-order chi connectivity index (χ0) is 26.2. The first-order valence-corrected chi connectivity index (χ1v) is 13.5. The van der Waals surface area contributed by atoms with Gasteiger partial charge in [-0.25, -0.2) is 9.97 Å². The first-order chi connectivity index (χ1) is 18.3. The Labute approximate surface area is 229 Å². The number of imidazole rings is 1. The fraction of sp³-hybridized carbons (Fsp3) is 0.444. The summed E-state index contributed by atoms with van der Waals surface area (Å²) in [5.41, 5.74) is 3.94. The highest BCUT2D eigenvalue weighted by Crippen LogP contribution is 2.63. The lowest BCUT2D eigenvalue weighted by molar-refractivity contribution is -0.156. The number of anilines is 1. The van der Waals surface area contributed by atoms with Gasteiger partial charge in [0.15, 0.2) is 17.2 Å². The smallest absolute Gasteiger partial charge is 0.174 e. The van der Waals surface area contributed by atoms with Crippen LogP contribution >= 0.6 is 23.2 Å².